The van der Waals surface area contributed by atoms with Crippen molar-refractivity contribution in [1.82, 2.24) is 14.9 Å². The lowest BCUT2D eigenvalue weighted by molar-refractivity contribution is -0.117. The van der Waals surface area contributed by atoms with E-state index >= 15 is 0 Å². The molecule has 2 aromatic heterocycles. The Morgan fingerprint density at radius 1 is 1.53 bits per heavy atom. The molecule has 0 aromatic carbocycles. The molecule has 0 aliphatic heterocycles. The molecule has 0 unspecified atom stereocenters. The number of amides is 1. The predicted molar refractivity (Wildman–Crippen MR) is 70.8 cm³/mol. The summed E-state index contributed by atoms with van der Waals surface area (Å²) in [5.41, 5.74) is 0. The standard InChI is InChI=1S/C12H17N5O2/c1-4-9(13-10-5-6-17(3)15-10)12(18)14-11-7-8(2)19-16-11/h5-7,9H,4H2,1-3H3,(H,13,15)(H,14,16,18)/t9-/m1/s1. The quantitative estimate of drug-likeness (QED) is 0.854. The van der Waals surface area contributed by atoms with E-state index in [0.717, 1.165) is 0 Å². The highest BCUT2D eigenvalue weighted by atomic mass is 16.5. The highest BCUT2D eigenvalue weighted by Crippen LogP contribution is 2.10. The van der Waals surface area contributed by atoms with E-state index in [2.05, 4.69) is 20.9 Å². The van der Waals surface area contributed by atoms with Crippen molar-refractivity contribution in [1.29, 1.82) is 0 Å². The first-order valence-corrected chi connectivity index (χ1v) is 6.09. The van der Waals surface area contributed by atoms with Gasteiger partial charge in [0, 0.05) is 25.4 Å². The molecule has 0 aliphatic carbocycles. The van der Waals surface area contributed by atoms with Crippen molar-refractivity contribution in [3.8, 4) is 0 Å². The van der Waals surface area contributed by atoms with Gasteiger partial charge in [0.25, 0.3) is 0 Å². The number of rotatable bonds is 5. The molecule has 7 heteroatoms. The molecule has 19 heavy (non-hydrogen) atoms. The van der Waals surface area contributed by atoms with Crippen LogP contribution in [0.5, 0.6) is 0 Å². The SMILES string of the molecule is CC[C@@H](Nc1ccn(C)n1)C(=O)Nc1cc(C)on1. The Balaban J connectivity index is 1.98. The number of nitrogens with one attached hydrogen (secondary N) is 2. The molecule has 2 heterocycles. The molecule has 0 aliphatic rings. The minimum atomic E-state index is -0.369. The Morgan fingerprint density at radius 2 is 2.32 bits per heavy atom. The summed E-state index contributed by atoms with van der Waals surface area (Å²) in [6.45, 7) is 3.69. The topological polar surface area (TPSA) is 85.0 Å². The Labute approximate surface area is 111 Å². The van der Waals surface area contributed by atoms with Crippen LogP contribution in [0.2, 0.25) is 0 Å². The lowest BCUT2D eigenvalue weighted by Gasteiger charge is -2.14. The molecule has 2 N–H and O–H groups in total. The van der Waals surface area contributed by atoms with Crippen LogP contribution in [0.15, 0.2) is 22.9 Å². The fourth-order valence-corrected chi connectivity index (χ4v) is 1.66. The summed E-state index contributed by atoms with van der Waals surface area (Å²) in [5, 5.41) is 13.7. The second-order valence-corrected chi connectivity index (χ2v) is 4.29. The molecule has 0 spiro atoms. The van der Waals surface area contributed by atoms with E-state index in [0.29, 0.717) is 23.8 Å². The third kappa shape index (κ3) is 3.34. The van der Waals surface area contributed by atoms with E-state index in [1.165, 1.54) is 0 Å². The fourth-order valence-electron chi connectivity index (χ4n) is 1.66. The monoisotopic (exact) mass is 263 g/mol. The maximum Gasteiger partial charge on any atom is 0.248 e. The number of aromatic nitrogens is 3. The van der Waals surface area contributed by atoms with E-state index in [-0.39, 0.29) is 11.9 Å². The van der Waals surface area contributed by atoms with Crippen LogP contribution >= 0.6 is 0 Å². The summed E-state index contributed by atoms with van der Waals surface area (Å²) in [4.78, 5) is 12.1. The number of carbonyl (C=O) groups is 1. The highest BCUT2D eigenvalue weighted by Gasteiger charge is 2.18. The van der Waals surface area contributed by atoms with Gasteiger partial charge < -0.3 is 15.2 Å². The zero-order chi connectivity index (χ0) is 13.8. The Bertz CT molecular complexity index is 560. The Hall–Kier alpha value is -2.31. The van der Waals surface area contributed by atoms with E-state index < -0.39 is 0 Å². The first-order chi connectivity index (χ1) is 9.08. The van der Waals surface area contributed by atoms with Gasteiger partial charge in [0.05, 0.1) is 0 Å². The van der Waals surface area contributed by atoms with E-state index in [4.69, 9.17) is 4.52 Å². The van der Waals surface area contributed by atoms with Gasteiger partial charge in [-0.3, -0.25) is 9.48 Å². The summed E-state index contributed by atoms with van der Waals surface area (Å²) in [7, 11) is 1.82. The average Bonchev–Trinajstić information content (AvgIpc) is 2.95. The predicted octanol–water partition coefficient (Wildman–Crippen LogP) is 1.55. The normalized spacial score (nSPS) is 12.2. The number of anilines is 2. The van der Waals surface area contributed by atoms with Crippen molar-refractivity contribution >= 4 is 17.5 Å². The summed E-state index contributed by atoms with van der Waals surface area (Å²) < 4.78 is 6.57. The van der Waals surface area contributed by atoms with E-state index in [9.17, 15) is 4.79 Å². The number of hydrogen-bond donors (Lipinski definition) is 2. The molecule has 2 aromatic rings. The molecule has 1 atom stereocenters. The minimum Gasteiger partial charge on any atom is -0.360 e. The van der Waals surface area contributed by atoms with Crippen LogP contribution in [-0.2, 0) is 11.8 Å². The highest BCUT2D eigenvalue weighted by molar-refractivity contribution is 5.95. The molecule has 7 nitrogen and oxygen atoms in total. The van der Waals surface area contributed by atoms with E-state index in [1.807, 2.05) is 26.2 Å². The summed E-state index contributed by atoms with van der Waals surface area (Å²) in [6, 6.07) is 3.12. The van der Waals surface area contributed by atoms with E-state index in [1.54, 1.807) is 17.7 Å². The average molecular weight is 263 g/mol. The minimum absolute atomic E-state index is 0.165. The van der Waals surface area contributed by atoms with Gasteiger partial charge >= 0.3 is 0 Å². The fraction of sp³-hybridized carbons (Fsp3) is 0.417. The van der Waals surface area contributed by atoms with Crippen molar-refractivity contribution in [2.24, 2.45) is 7.05 Å². The molecule has 0 saturated carbocycles. The number of aryl methyl sites for hydroxylation is 2. The number of nitrogens with zero attached hydrogens (tertiary/aromatic N) is 3. The van der Waals surface area contributed by atoms with Crippen LogP contribution in [0, 0.1) is 6.92 Å². The molecule has 0 saturated heterocycles. The van der Waals surface area contributed by atoms with Gasteiger partial charge in [0.1, 0.15) is 17.6 Å². The maximum absolute atomic E-state index is 12.1. The van der Waals surface area contributed by atoms with Crippen LogP contribution in [0.1, 0.15) is 19.1 Å². The second kappa shape index (κ2) is 5.55. The first-order valence-electron chi connectivity index (χ1n) is 6.09. The van der Waals surface area contributed by atoms with Crippen molar-refractivity contribution in [2.45, 2.75) is 26.3 Å². The van der Waals surface area contributed by atoms with Crippen LogP contribution in [0.25, 0.3) is 0 Å². The van der Waals surface area contributed by atoms with Crippen LogP contribution < -0.4 is 10.6 Å². The van der Waals surface area contributed by atoms with Crippen molar-refractivity contribution in [2.75, 3.05) is 10.6 Å². The number of carbonyl (C=O) groups excluding carboxylic acids is 1. The third-order valence-electron chi connectivity index (χ3n) is 2.64. The van der Waals surface area contributed by atoms with Crippen LogP contribution in [-0.4, -0.2) is 26.9 Å². The smallest absolute Gasteiger partial charge is 0.248 e. The summed E-state index contributed by atoms with van der Waals surface area (Å²) >= 11 is 0. The molecule has 0 radical (unpaired) electrons. The van der Waals surface area contributed by atoms with Gasteiger partial charge in [-0.05, 0) is 13.3 Å². The molecular weight excluding hydrogens is 246 g/mol. The van der Waals surface area contributed by atoms with Crippen molar-refractivity contribution in [3.05, 3.63) is 24.1 Å². The Kier molecular flexibility index (Phi) is 3.84. The zero-order valence-electron chi connectivity index (χ0n) is 11.2. The molecule has 0 bridgehead atoms. The maximum atomic E-state index is 12.1. The number of hydrogen-bond acceptors (Lipinski definition) is 5. The molecule has 2 rings (SSSR count). The molecular formula is C12H17N5O2. The second-order valence-electron chi connectivity index (χ2n) is 4.29. The largest absolute Gasteiger partial charge is 0.360 e. The van der Waals surface area contributed by atoms with Crippen molar-refractivity contribution < 1.29 is 9.32 Å². The van der Waals surface area contributed by atoms with Gasteiger partial charge in [-0.15, -0.1) is 0 Å². The van der Waals surface area contributed by atoms with Gasteiger partial charge in [-0.2, -0.15) is 5.10 Å². The first kappa shape index (κ1) is 13.1. The van der Waals surface area contributed by atoms with Gasteiger partial charge in [-0.25, -0.2) is 0 Å². The van der Waals surface area contributed by atoms with Crippen LogP contribution in [0.3, 0.4) is 0 Å². The van der Waals surface area contributed by atoms with Gasteiger partial charge in [0.2, 0.25) is 5.91 Å². The van der Waals surface area contributed by atoms with Gasteiger partial charge in [0.15, 0.2) is 5.82 Å². The zero-order valence-corrected chi connectivity index (χ0v) is 11.2. The molecule has 102 valence electrons. The van der Waals surface area contributed by atoms with Crippen LogP contribution in [0.4, 0.5) is 11.6 Å². The molecule has 1 amide bonds. The third-order valence-corrected chi connectivity index (χ3v) is 2.64. The lowest BCUT2D eigenvalue weighted by Crippen LogP contribution is -2.34. The molecule has 0 fully saturated rings. The van der Waals surface area contributed by atoms with Crippen molar-refractivity contribution in [3.63, 3.8) is 0 Å². The summed E-state index contributed by atoms with van der Waals surface area (Å²) in [6.07, 6.45) is 2.45. The van der Waals surface area contributed by atoms with Gasteiger partial charge in [-0.1, -0.05) is 12.1 Å². The summed E-state index contributed by atoms with van der Waals surface area (Å²) in [5.74, 6) is 1.58. The Morgan fingerprint density at radius 3 is 2.84 bits per heavy atom. The lowest BCUT2D eigenvalue weighted by atomic mass is 10.2.